The van der Waals surface area contributed by atoms with Crippen molar-refractivity contribution in [2.24, 2.45) is 0 Å². The molecule has 0 amide bonds. The van der Waals surface area contributed by atoms with Crippen LogP contribution >= 0.6 is 23.5 Å². The summed E-state index contributed by atoms with van der Waals surface area (Å²) in [6.45, 7) is 1.65. The van der Waals surface area contributed by atoms with E-state index in [0.717, 1.165) is 6.54 Å². The molecule has 1 aliphatic heterocycles. The molecule has 0 spiro atoms. The largest absolute Gasteiger partial charge is 0.491 e. The maximum Gasteiger partial charge on any atom is 0.123 e. The Kier molecular flexibility index (Phi) is 6.99. The van der Waals surface area contributed by atoms with E-state index in [9.17, 15) is 9.50 Å². The summed E-state index contributed by atoms with van der Waals surface area (Å²) in [5.41, 5.74) is 0. The third kappa shape index (κ3) is 5.91. The first-order valence-corrected chi connectivity index (χ1v) is 8.91. The van der Waals surface area contributed by atoms with Gasteiger partial charge in [0, 0.05) is 35.6 Å². The number of aliphatic hydroxyl groups excluding tert-OH is 1. The zero-order valence-electron chi connectivity index (χ0n) is 11.3. The van der Waals surface area contributed by atoms with Gasteiger partial charge in [0.05, 0.1) is 0 Å². The van der Waals surface area contributed by atoms with Crippen molar-refractivity contribution in [3.05, 3.63) is 30.1 Å². The average Bonchev–Trinajstić information content (AvgIpc) is 2.48. The van der Waals surface area contributed by atoms with E-state index in [1.165, 1.54) is 29.4 Å². The van der Waals surface area contributed by atoms with E-state index in [-0.39, 0.29) is 12.4 Å². The molecule has 0 aromatic heterocycles. The number of hydrogen-bond donors (Lipinski definition) is 2. The van der Waals surface area contributed by atoms with Crippen LogP contribution < -0.4 is 10.1 Å². The summed E-state index contributed by atoms with van der Waals surface area (Å²) in [7, 11) is 0. The van der Waals surface area contributed by atoms with E-state index >= 15 is 0 Å². The number of halogens is 1. The van der Waals surface area contributed by atoms with Gasteiger partial charge in [0.25, 0.3) is 0 Å². The lowest BCUT2D eigenvalue weighted by Gasteiger charge is -2.22. The third-order valence-electron chi connectivity index (χ3n) is 2.89. The van der Waals surface area contributed by atoms with E-state index in [2.05, 4.69) is 5.32 Å². The minimum atomic E-state index is -0.554. The first-order valence-electron chi connectivity index (χ1n) is 6.70. The summed E-state index contributed by atoms with van der Waals surface area (Å²) < 4.78 is 18.1. The van der Waals surface area contributed by atoms with Crippen molar-refractivity contribution in [1.29, 1.82) is 0 Å². The number of hydrogen-bond acceptors (Lipinski definition) is 5. The highest BCUT2D eigenvalue weighted by Gasteiger charge is 2.14. The molecule has 0 aliphatic carbocycles. The number of ether oxygens (including phenoxy) is 1. The molecule has 2 atom stereocenters. The highest BCUT2D eigenvalue weighted by Crippen LogP contribution is 2.23. The van der Waals surface area contributed by atoms with Crippen molar-refractivity contribution >= 4 is 23.5 Å². The van der Waals surface area contributed by atoms with Crippen LogP contribution in [0.2, 0.25) is 0 Å². The zero-order chi connectivity index (χ0) is 14.2. The molecule has 2 N–H and O–H groups in total. The number of benzene rings is 1. The van der Waals surface area contributed by atoms with Crippen molar-refractivity contribution in [3.8, 4) is 5.75 Å². The molecule has 0 radical (unpaired) electrons. The molecule has 1 fully saturated rings. The Morgan fingerprint density at radius 1 is 1.35 bits per heavy atom. The minimum absolute atomic E-state index is 0.213. The van der Waals surface area contributed by atoms with Crippen molar-refractivity contribution in [2.75, 3.05) is 37.0 Å². The monoisotopic (exact) mass is 317 g/mol. The SMILES string of the molecule is OC(CNCC1CSCCS1)COc1ccc(F)cc1. The molecular formula is C14H20FNO2S2. The Bertz CT molecular complexity index is 385. The molecule has 6 heteroatoms. The van der Waals surface area contributed by atoms with E-state index in [1.54, 1.807) is 12.1 Å². The highest BCUT2D eigenvalue weighted by atomic mass is 32.2. The van der Waals surface area contributed by atoms with Gasteiger partial charge >= 0.3 is 0 Å². The molecule has 3 nitrogen and oxygen atoms in total. The van der Waals surface area contributed by atoms with E-state index < -0.39 is 6.10 Å². The summed E-state index contributed by atoms with van der Waals surface area (Å²) in [5.74, 6) is 3.93. The second-order valence-electron chi connectivity index (χ2n) is 4.64. The summed E-state index contributed by atoms with van der Waals surface area (Å²) in [4.78, 5) is 0. The Labute approximate surface area is 127 Å². The maximum absolute atomic E-state index is 12.7. The smallest absolute Gasteiger partial charge is 0.123 e. The van der Waals surface area contributed by atoms with Gasteiger partial charge in [0.1, 0.15) is 24.3 Å². The first kappa shape index (κ1) is 15.9. The lowest BCUT2D eigenvalue weighted by atomic mass is 10.3. The zero-order valence-corrected chi connectivity index (χ0v) is 12.9. The topological polar surface area (TPSA) is 41.5 Å². The summed E-state index contributed by atoms with van der Waals surface area (Å²) >= 11 is 3.99. The third-order valence-corrected chi connectivity index (χ3v) is 5.74. The van der Waals surface area contributed by atoms with Crippen molar-refractivity contribution < 1.29 is 14.2 Å². The van der Waals surface area contributed by atoms with Gasteiger partial charge in [-0.1, -0.05) is 0 Å². The Morgan fingerprint density at radius 2 is 2.15 bits per heavy atom. The quantitative estimate of drug-likeness (QED) is 0.805. The van der Waals surface area contributed by atoms with Crippen LogP contribution in [0.5, 0.6) is 5.75 Å². The standard InChI is InChI=1S/C14H20FNO2S2/c15-11-1-3-13(4-2-11)18-9-12(17)7-16-8-14-10-19-5-6-20-14/h1-4,12,14,16-17H,5-10H2. The Morgan fingerprint density at radius 3 is 2.85 bits per heavy atom. The van der Waals surface area contributed by atoms with Crippen LogP contribution in [0, 0.1) is 5.82 Å². The van der Waals surface area contributed by atoms with Gasteiger partial charge in [-0.05, 0) is 24.3 Å². The van der Waals surface area contributed by atoms with Gasteiger partial charge in [0.15, 0.2) is 0 Å². The highest BCUT2D eigenvalue weighted by molar-refractivity contribution is 8.06. The fraction of sp³-hybridized carbons (Fsp3) is 0.571. The number of aliphatic hydroxyl groups is 1. The van der Waals surface area contributed by atoms with Crippen LogP contribution in [0.25, 0.3) is 0 Å². The molecule has 112 valence electrons. The average molecular weight is 317 g/mol. The van der Waals surface area contributed by atoms with Crippen LogP contribution in [0.1, 0.15) is 0 Å². The Balaban J connectivity index is 1.57. The molecule has 1 aromatic rings. The van der Waals surface area contributed by atoms with E-state index in [4.69, 9.17) is 4.74 Å². The summed E-state index contributed by atoms with van der Waals surface area (Å²) in [6, 6.07) is 5.81. The van der Waals surface area contributed by atoms with Gasteiger partial charge in [-0.25, -0.2) is 4.39 Å². The summed E-state index contributed by atoms with van der Waals surface area (Å²) in [6.07, 6.45) is -0.554. The lowest BCUT2D eigenvalue weighted by molar-refractivity contribution is 0.106. The van der Waals surface area contributed by atoms with Gasteiger partial charge in [-0.3, -0.25) is 0 Å². The molecule has 2 unspecified atom stereocenters. The van der Waals surface area contributed by atoms with Crippen molar-refractivity contribution in [3.63, 3.8) is 0 Å². The minimum Gasteiger partial charge on any atom is -0.491 e. The predicted molar refractivity (Wildman–Crippen MR) is 84.3 cm³/mol. The predicted octanol–water partition coefficient (Wildman–Crippen LogP) is 2.00. The van der Waals surface area contributed by atoms with Gasteiger partial charge in [0.2, 0.25) is 0 Å². The first-order chi connectivity index (χ1) is 9.74. The number of rotatable bonds is 7. The molecular weight excluding hydrogens is 297 g/mol. The molecule has 0 bridgehead atoms. The second-order valence-corrected chi connectivity index (χ2v) is 7.20. The fourth-order valence-corrected chi connectivity index (χ4v) is 4.49. The second kappa shape index (κ2) is 8.77. The van der Waals surface area contributed by atoms with Crippen LogP contribution in [-0.2, 0) is 0 Å². The van der Waals surface area contributed by atoms with Gasteiger partial charge < -0.3 is 15.2 Å². The van der Waals surface area contributed by atoms with Gasteiger partial charge in [-0.15, -0.1) is 0 Å². The lowest BCUT2D eigenvalue weighted by Crippen LogP contribution is -2.36. The normalized spacial score (nSPS) is 20.6. The van der Waals surface area contributed by atoms with E-state index in [1.807, 2.05) is 23.5 Å². The maximum atomic E-state index is 12.7. The number of nitrogens with one attached hydrogen (secondary N) is 1. The van der Waals surface area contributed by atoms with Crippen molar-refractivity contribution in [2.45, 2.75) is 11.4 Å². The molecule has 2 rings (SSSR count). The van der Waals surface area contributed by atoms with E-state index in [0.29, 0.717) is 17.5 Å². The van der Waals surface area contributed by atoms with Crippen LogP contribution in [-0.4, -0.2) is 53.4 Å². The molecule has 1 saturated heterocycles. The molecule has 20 heavy (non-hydrogen) atoms. The van der Waals surface area contributed by atoms with Gasteiger partial charge in [-0.2, -0.15) is 23.5 Å². The molecule has 1 aliphatic rings. The van der Waals surface area contributed by atoms with Crippen molar-refractivity contribution in [1.82, 2.24) is 5.32 Å². The molecule has 1 aromatic carbocycles. The summed E-state index contributed by atoms with van der Waals surface area (Å²) in [5, 5.41) is 13.7. The molecule has 0 saturated carbocycles. The fourth-order valence-electron chi connectivity index (χ4n) is 1.85. The number of thioether (sulfide) groups is 2. The van der Waals surface area contributed by atoms with Crippen LogP contribution in [0.15, 0.2) is 24.3 Å². The Hall–Kier alpha value is -0.430. The van der Waals surface area contributed by atoms with Crippen LogP contribution in [0.4, 0.5) is 4.39 Å². The molecule has 1 heterocycles. The van der Waals surface area contributed by atoms with Crippen LogP contribution in [0.3, 0.4) is 0 Å².